The minimum Gasteiger partial charge on any atom is -0.355 e. The number of nitrogens with one attached hydrogen (secondary N) is 3. The lowest BCUT2D eigenvalue weighted by Gasteiger charge is -2.03. The first-order chi connectivity index (χ1) is 11.1. The van der Waals surface area contributed by atoms with Crippen molar-refractivity contribution in [3.8, 4) is 11.4 Å². The molecule has 1 heterocycles. The number of aryl methyl sites for hydroxylation is 1. The number of thioether (sulfide) groups is 1. The van der Waals surface area contributed by atoms with Crippen molar-refractivity contribution in [3.63, 3.8) is 0 Å². The van der Waals surface area contributed by atoms with Crippen molar-refractivity contribution in [3.05, 3.63) is 29.8 Å². The molecule has 2 rings (SSSR count). The topological polar surface area (TPSA) is 99.8 Å². The van der Waals surface area contributed by atoms with E-state index in [-0.39, 0.29) is 24.1 Å². The fourth-order valence-electron chi connectivity index (χ4n) is 1.77. The van der Waals surface area contributed by atoms with Crippen LogP contribution in [0.25, 0.3) is 11.4 Å². The number of carbonyl (C=O) groups excluding carboxylic acids is 2. The van der Waals surface area contributed by atoms with E-state index < -0.39 is 0 Å². The molecule has 0 bridgehead atoms. The number of nitrogens with zero attached hydrogens (tertiary/aromatic N) is 2. The average Bonchev–Trinajstić information content (AvgIpc) is 3.01. The Hall–Kier alpha value is -2.35. The summed E-state index contributed by atoms with van der Waals surface area (Å²) < 4.78 is 0. The van der Waals surface area contributed by atoms with E-state index in [1.54, 1.807) is 0 Å². The quantitative estimate of drug-likeness (QED) is 0.660. The Morgan fingerprint density at radius 3 is 2.61 bits per heavy atom. The van der Waals surface area contributed by atoms with Gasteiger partial charge in [0.25, 0.3) is 0 Å². The third kappa shape index (κ3) is 5.41. The molecule has 0 spiro atoms. The monoisotopic (exact) mass is 333 g/mol. The number of hydrogen-bond donors (Lipinski definition) is 3. The van der Waals surface area contributed by atoms with Gasteiger partial charge in [-0.2, -0.15) is 0 Å². The normalized spacial score (nSPS) is 10.3. The lowest BCUT2D eigenvalue weighted by Crippen LogP contribution is -2.37. The van der Waals surface area contributed by atoms with E-state index in [0.29, 0.717) is 17.5 Å². The highest BCUT2D eigenvalue weighted by Crippen LogP contribution is 2.19. The van der Waals surface area contributed by atoms with Crippen LogP contribution in [0.2, 0.25) is 0 Å². The molecule has 2 aromatic rings. The first kappa shape index (κ1) is 17.0. The lowest BCUT2D eigenvalue weighted by molar-refractivity contribution is -0.124. The second-order valence-corrected chi connectivity index (χ2v) is 5.79. The predicted molar refractivity (Wildman–Crippen MR) is 89.0 cm³/mol. The molecule has 122 valence electrons. The largest absolute Gasteiger partial charge is 0.355 e. The molecule has 8 heteroatoms. The molecular weight excluding hydrogens is 314 g/mol. The number of carbonyl (C=O) groups is 2. The molecule has 0 radical (unpaired) electrons. The van der Waals surface area contributed by atoms with E-state index in [4.69, 9.17) is 0 Å². The summed E-state index contributed by atoms with van der Waals surface area (Å²) in [4.78, 5) is 27.2. The molecule has 0 aliphatic rings. The Morgan fingerprint density at radius 1 is 1.17 bits per heavy atom. The Morgan fingerprint density at radius 2 is 1.91 bits per heavy atom. The highest BCUT2D eigenvalue weighted by molar-refractivity contribution is 7.99. The summed E-state index contributed by atoms with van der Waals surface area (Å²) in [5, 5.41) is 12.6. The molecule has 0 unspecified atom stereocenters. The molecule has 0 aliphatic heterocycles. The van der Waals surface area contributed by atoms with Crippen molar-refractivity contribution < 1.29 is 9.59 Å². The number of H-pyrrole nitrogens is 1. The summed E-state index contributed by atoms with van der Waals surface area (Å²) in [6.07, 6.45) is 0. The zero-order valence-corrected chi connectivity index (χ0v) is 13.9. The predicted octanol–water partition coefficient (Wildman–Crippen LogP) is 1.12. The highest BCUT2D eigenvalue weighted by atomic mass is 32.2. The van der Waals surface area contributed by atoms with Crippen molar-refractivity contribution in [1.82, 2.24) is 25.8 Å². The molecule has 2 amide bonds. The van der Waals surface area contributed by atoms with Crippen LogP contribution in [0.3, 0.4) is 0 Å². The summed E-state index contributed by atoms with van der Waals surface area (Å²) in [7, 11) is 0. The zero-order valence-electron chi connectivity index (χ0n) is 13.0. The maximum Gasteiger partial charge on any atom is 0.239 e. The summed E-state index contributed by atoms with van der Waals surface area (Å²) >= 11 is 1.21. The van der Waals surface area contributed by atoms with E-state index in [2.05, 4.69) is 25.8 Å². The van der Waals surface area contributed by atoms with Gasteiger partial charge in [-0.15, -0.1) is 5.10 Å². The minimum atomic E-state index is -0.233. The van der Waals surface area contributed by atoms with E-state index in [0.717, 1.165) is 5.56 Å². The van der Waals surface area contributed by atoms with Gasteiger partial charge in [0.1, 0.15) is 0 Å². The first-order valence-electron chi connectivity index (χ1n) is 7.24. The summed E-state index contributed by atoms with van der Waals surface area (Å²) in [6.45, 7) is 4.37. The highest BCUT2D eigenvalue weighted by Gasteiger charge is 2.09. The van der Waals surface area contributed by atoms with Crippen LogP contribution in [0, 0.1) is 6.92 Å². The summed E-state index contributed by atoms with van der Waals surface area (Å²) in [5.41, 5.74) is 2.11. The molecule has 1 aromatic carbocycles. The number of rotatable bonds is 7. The van der Waals surface area contributed by atoms with Crippen molar-refractivity contribution in [1.29, 1.82) is 0 Å². The standard InChI is InChI=1S/C15H19N5O2S/c1-3-16-12(21)8-17-13(22)9-23-15-18-14(19-20-15)11-6-4-10(2)5-7-11/h4-7H,3,8-9H2,1-2H3,(H,16,21)(H,17,22)(H,18,19,20). The molecule has 0 saturated carbocycles. The number of aromatic amines is 1. The number of hydrogen-bond acceptors (Lipinski definition) is 5. The number of aromatic nitrogens is 3. The van der Waals surface area contributed by atoms with Gasteiger partial charge in [-0.05, 0) is 13.8 Å². The van der Waals surface area contributed by atoms with Crippen molar-refractivity contribution >= 4 is 23.6 Å². The Balaban J connectivity index is 1.81. The second kappa shape index (κ2) is 8.33. The van der Waals surface area contributed by atoms with Crippen molar-refractivity contribution in [2.75, 3.05) is 18.8 Å². The minimum absolute atomic E-state index is 0.0180. The van der Waals surface area contributed by atoms with Crippen LogP contribution >= 0.6 is 11.8 Å². The van der Waals surface area contributed by atoms with Gasteiger partial charge < -0.3 is 10.6 Å². The Bertz CT molecular complexity index is 669. The molecule has 0 aliphatic carbocycles. The molecule has 0 saturated heterocycles. The molecule has 3 N–H and O–H groups in total. The molecular formula is C15H19N5O2S. The average molecular weight is 333 g/mol. The van der Waals surface area contributed by atoms with E-state index in [1.807, 2.05) is 38.1 Å². The van der Waals surface area contributed by atoms with Gasteiger partial charge in [0, 0.05) is 12.1 Å². The SMILES string of the molecule is CCNC(=O)CNC(=O)CSc1n[nH]c(-c2ccc(C)cc2)n1. The fraction of sp³-hybridized carbons (Fsp3) is 0.333. The molecule has 0 atom stereocenters. The summed E-state index contributed by atoms with van der Waals surface area (Å²) in [5.74, 6) is 0.383. The van der Waals surface area contributed by atoms with E-state index in [9.17, 15) is 9.59 Å². The van der Waals surface area contributed by atoms with Crippen molar-refractivity contribution in [2.45, 2.75) is 19.0 Å². The fourth-order valence-corrected chi connectivity index (χ4v) is 2.40. The van der Waals surface area contributed by atoms with Crippen LogP contribution in [0.4, 0.5) is 0 Å². The molecule has 23 heavy (non-hydrogen) atoms. The van der Waals surface area contributed by atoms with Crippen LogP contribution in [0.5, 0.6) is 0 Å². The number of amides is 2. The second-order valence-electron chi connectivity index (χ2n) is 4.85. The van der Waals surface area contributed by atoms with Gasteiger partial charge in [-0.25, -0.2) is 4.98 Å². The van der Waals surface area contributed by atoms with E-state index in [1.165, 1.54) is 17.3 Å². The first-order valence-corrected chi connectivity index (χ1v) is 8.22. The van der Waals surface area contributed by atoms with Gasteiger partial charge >= 0.3 is 0 Å². The maximum atomic E-state index is 11.7. The number of likely N-dealkylation sites (N-methyl/N-ethyl adjacent to an activating group) is 1. The third-order valence-corrected chi connectivity index (χ3v) is 3.79. The maximum absolute atomic E-state index is 11.7. The Labute approximate surface area is 138 Å². The third-order valence-electron chi connectivity index (χ3n) is 2.94. The van der Waals surface area contributed by atoms with Crippen LogP contribution in [-0.2, 0) is 9.59 Å². The molecule has 1 aromatic heterocycles. The number of benzene rings is 1. The molecule has 0 fully saturated rings. The van der Waals surface area contributed by atoms with Gasteiger partial charge in [0.05, 0.1) is 12.3 Å². The van der Waals surface area contributed by atoms with Crippen LogP contribution in [0.1, 0.15) is 12.5 Å². The smallest absolute Gasteiger partial charge is 0.239 e. The van der Waals surface area contributed by atoms with Crippen molar-refractivity contribution in [2.24, 2.45) is 0 Å². The zero-order chi connectivity index (χ0) is 16.7. The van der Waals surface area contributed by atoms with Crippen LogP contribution < -0.4 is 10.6 Å². The Kier molecular flexibility index (Phi) is 6.16. The van der Waals surface area contributed by atoms with Gasteiger partial charge in [0.15, 0.2) is 5.82 Å². The molecule has 7 nitrogen and oxygen atoms in total. The van der Waals surface area contributed by atoms with Crippen LogP contribution in [0.15, 0.2) is 29.4 Å². The van der Waals surface area contributed by atoms with Gasteiger partial charge in [-0.1, -0.05) is 41.6 Å². The van der Waals surface area contributed by atoms with Gasteiger partial charge in [-0.3, -0.25) is 14.7 Å². The van der Waals surface area contributed by atoms with Crippen LogP contribution in [-0.4, -0.2) is 45.8 Å². The van der Waals surface area contributed by atoms with Gasteiger partial charge in [0.2, 0.25) is 17.0 Å². The lowest BCUT2D eigenvalue weighted by atomic mass is 10.1. The van der Waals surface area contributed by atoms with E-state index >= 15 is 0 Å². The summed E-state index contributed by atoms with van der Waals surface area (Å²) in [6, 6.07) is 7.92.